The molecule has 1 saturated heterocycles. The Kier molecular flexibility index (Phi) is 1.96. The van der Waals surface area contributed by atoms with Gasteiger partial charge in [-0.1, -0.05) is 0 Å². The summed E-state index contributed by atoms with van der Waals surface area (Å²) in [4.78, 5) is 0. The topological polar surface area (TPSA) is 54.4 Å². The Labute approximate surface area is 58.8 Å². The van der Waals surface area contributed by atoms with Gasteiger partial charge < -0.3 is 5.11 Å². The Hall–Kier alpha value is -0.160. The second-order valence-electron chi connectivity index (χ2n) is 2.54. The summed E-state index contributed by atoms with van der Waals surface area (Å²) in [5, 5.41) is 8.46. The van der Waals surface area contributed by atoms with E-state index in [1.807, 2.05) is 0 Å². The lowest BCUT2D eigenvalue weighted by Crippen LogP contribution is -2.16. The smallest absolute Gasteiger partial charge is 0.153 e. The molecular weight excluding hydrogens is 159 g/mol. The normalized spacial score (nSPS) is 38.2. The molecule has 10 heavy (non-hydrogen) atoms. The van der Waals surface area contributed by atoms with E-state index >= 15 is 0 Å². The largest absolute Gasteiger partial charge is 0.396 e. The number of aliphatic hydroxyl groups excluding tert-OH is 1. The van der Waals surface area contributed by atoms with Crippen molar-refractivity contribution in [1.29, 1.82) is 0 Å². The van der Waals surface area contributed by atoms with E-state index in [0.29, 0.717) is 0 Å². The minimum absolute atomic E-state index is 0.204. The van der Waals surface area contributed by atoms with Crippen LogP contribution in [0.3, 0.4) is 0 Å². The summed E-state index contributed by atoms with van der Waals surface area (Å²) in [6, 6.07) is 0. The van der Waals surface area contributed by atoms with Crippen LogP contribution in [0, 0.1) is 5.92 Å². The predicted octanol–water partition coefficient (Wildman–Crippen LogP) is -0.639. The minimum atomic E-state index is -3.19. The lowest BCUT2D eigenvalue weighted by molar-refractivity contribution is 0.175. The van der Waals surface area contributed by atoms with Gasteiger partial charge in [0.25, 0.3) is 0 Å². The third-order valence-electron chi connectivity index (χ3n) is 1.63. The average Bonchev–Trinajstić information content (AvgIpc) is 2.05. The number of alkyl halides is 1. The molecule has 0 radical (unpaired) electrons. The second kappa shape index (κ2) is 2.47. The van der Waals surface area contributed by atoms with Crippen LogP contribution in [0.2, 0.25) is 0 Å². The first-order valence-electron chi connectivity index (χ1n) is 3.00. The van der Waals surface area contributed by atoms with Crippen LogP contribution in [-0.2, 0) is 9.84 Å². The molecule has 3 nitrogen and oxygen atoms in total. The zero-order valence-corrected chi connectivity index (χ0v) is 6.14. The average molecular weight is 168 g/mol. The van der Waals surface area contributed by atoms with Gasteiger partial charge in [0.05, 0.1) is 11.5 Å². The maximum Gasteiger partial charge on any atom is 0.153 e. The molecule has 0 amide bonds. The fourth-order valence-electron chi connectivity index (χ4n) is 1.04. The van der Waals surface area contributed by atoms with E-state index in [4.69, 9.17) is 5.11 Å². The van der Waals surface area contributed by atoms with E-state index in [9.17, 15) is 12.8 Å². The van der Waals surface area contributed by atoms with Crippen molar-refractivity contribution in [2.45, 2.75) is 6.17 Å². The van der Waals surface area contributed by atoms with Crippen LogP contribution in [0.25, 0.3) is 0 Å². The molecule has 0 aromatic carbocycles. The Bertz CT molecular complexity index is 211. The van der Waals surface area contributed by atoms with Crippen molar-refractivity contribution in [1.82, 2.24) is 0 Å². The van der Waals surface area contributed by atoms with Crippen LogP contribution < -0.4 is 0 Å². The van der Waals surface area contributed by atoms with Gasteiger partial charge in [-0.05, 0) is 0 Å². The van der Waals surface area contributed by atoms with Gasteiger partial charge in [-0.3, -0.25) is 0 Å². The third kappa shape index (κ3) is 1.46. The van der Waals surface area contributed by atoms with Crippen LogP contribution in [-0.4, -0.2) is 37.8 Å². The third-order valence-corrected chi connectivity index (χ3v) is 3.39. The van der Waals surface area contributed by atoms with Crippen molar-refractivity contribution < 1.29 is 17.9 Å². The molecule has 2 unspecified atom stereocenters. The second-order valence-corrected chi connectivity index (χ2v) is 4.69. The van der Waals surface area contributed by atoms with Crippen molar-refractivity contribution in [3.05, 3.63) is 0 Å². The molecule has 0 aliphatic carbocycles. The van der Waals surface area contributed by atoms with Gasteiger partial charge in [-0.15, -0.1) is 0 Å². The predicted molar refractivity (Wildman–Crippen MR) is 34.1 cm³/mol. The minimum Gasteiger partial charge on any atom is -0.396 e. The summed E-state index contributed by atoms with van der Waals surface area (Å²) in [7, 11) is -3.19. The molecule has 2 atom stereocenters. The van der Waals surface area contributed by atoms with E-state index in [2.05, 4.69) is 0 Å². The SMILES string of the molecule is O=S1(=O)CC(F)C(CO)C1. The van der Waals surface area contributed by atoms with E-state index in [1.165, 1.54) is 0 Å². The zero-order chi connectivity index (χ0) is 7.78. The highest BCUT2D eigenvalue weighted by molar-refractivity contribution is 7.91. The number of aliphatic hydroxyl groups is 1. The van der Waals surface area contributed by atoms with Crippen LogP contribution in [0.5, 0.6) is 0 Å². The fourth-order valence-corrected chi connectivity index (χ4v) is 2.90. The van der Waals surface area contributed by atoms with Crippen LogP contribution in [0.1, 0.15) is 0 Å². The van der Waals surface area contributed by atoms with Gasteiger partial charge in [0.2, 0.25) is 0 Å². The number of hydrogen-bond acceptors (Lipinski definition) is 3. The summed E-state index contributed by atoms with van der Waals surface area (Å²) in [6.45, 7) is -0.375. The summed E-state index contributed by atoms with van der Waals surface area (Å²) in [6.07, 6.45) is -1.37. The Balaban J connectivity index is 2.71. The van der Waals surface area contributed by atoms with Crippen molar-refractivity contribution in [2.75, 3.05) is 18.1 Å². The zero-order valence-electron chi connectivity index (χ0n) is 5.33. The Morgan fingerprint density at radius 1 is 1.50 bits per heavy atom. The molecule has 1 aliphatic heterocycles. The van der Waals surface area contributed by atoms with E-state index in [1.54, 1.807) is 0 Å². The molecule has 1 N–H and O–H groups in total. The summed E-state index contributed by atoms with van der Waals surface area (Å²) >= 11 is 0. The van der Waals surface area contributed by atoms with Gasteiger partial charge >= 0.3 is 0 Å². The maximum atomic E-state index is 12.5. The quantitative estimate of drug-likeness (QED) is 0.566. The Morgan fingerprint density at radius 2 is 2.10 bits per heavy atom. The number of rotatable bonds is 1. The van der Waals surface area contributed by atoms with E-state index in [-0.39, 0.29) is 12.4 Å². The van der Waals surface area contributed by atoms with Gasteiger partial charge in [-0.2, -0.15) is 0 Å². The Morgan fingerprint density at radius 3 is 2.30 bits per heavy atom. The van der Waals surface area contributed by atoms with Gasteiger partial charge in [-0.25, -0.2) is 12.8 Å². The molecule has 1 rings (SSSR count). The van der Waals surface area contributed by atoms with Gasteiger partial charge in [0, 0.05) is 12.5 Å². The highest BCUT2D eigenvalue weighted by atomic mass is 32.2. The van der Waals surface area contributed by atoms with Crippen LogP contribution >= 0.6 is 0 Å². The van der Waals surface area contributed by atoms with Gasteiger partial charge in [0.15, 0.2) is 9.84 Å². The summed E-state index contributed by atoms with van der Waals surface area (Å²) in [5.74, 6) is -1.31. The molecule has 1 fully saturated rings. The molecule has 1 heterocycles. The molecule has 60 valence electrons. The standard InChI is InChI=1S/C5H9FO3S/c6-5-3-10(8,9)2-4(5)1-7/h4-5,7H,1-3H2. The first kappa shape index (κ1) is 7.94. The van der Waals surface area contributed by atoms with Crippen molar-refractivity contribution in [2.24, 2.45) is 5.92 Å². The molecule has 0 saturated carbocycles. The number of hydrogen-bond donors (Lipinski definition) is 1. The summed E-state index contributed by atoms with van der Waals surface area (Å²) < 4.78 is 33.9. The molecule has 1 aliphatic rings. The molecule has 0 bridgehead atoms. The van der Waals surface area contributed by atoms with E-state index in [0.717, 1.165) is 0 Å². The molecule has 0 spiro atoms. The molecule has 0 aromatic rings. The van der Waals surface area contributed by atoms with Crippen molar-refractivity contribution >= 4 is 9.84 Å². The van der Waals surface area contributed by atoms with Crippen molar-refractivity contribution in [3.63, 3.8) is 0 Å². The van der Waals surface area contributed by atoms with Crippen LogP contribution in [0.4, 0.5) is 4.39 Å². The fraction of sp³-hybridized carbons (Fsp3) is 1.00. The highest BCUT2D eigenvalue weighted by Gasteiger charge is 2.37. The monoisotopic (exact) mass is 168 g/mol. The molecule has 5 heteroatoms. The first-order valence-corrected chi connectivity index (χ1v) is 4.82. The van der Waals surface area contributed by atoms with Crippen LogP contribution in [0.15, 0.2) is 0 Å². The number of halogens is 1. The molecule has 0 aromatic heterocycles. The highest BCUT2D eigenvalue weighted by Crippen LogP contribution is 2.21. The maximum absolute atomic E-state index is 12.5. The van der Waals surface area contributed by atoms with Gasteiger partial charge in [0.1, 0.15) is 6.17 Å². The first-order chi connectivity index (χ1) is 4.55. The molecular formula is C5H9FO3S. The number of sulfone groups is 1. The lowest BCUT2D eigenvalue weighted by Gasteiger charge is -2.03. The van der Waals surface area contributed by atoms with Crippen molar-refractivity contribution in [3.8, 4) is 0 Å². The lowest BCUT2D eigenvalue weighted by atomic mass is 10.1. The van der Waals surface area contributed by atoms with E-state index < -0.39 is 27.7 Å². The summed E-state index contributed by atoms with van der Waals surface area (Å²) in [5.41, 5.74) is 0.